The number of likely N-dealkylation sites (N-methyl/N-ethyl adjacent to an activating group) is 2. The van der Waals surface area contributed by atoms with Crippen LogP contribution in [0.2, 0.25) is 0 Å². The first-order valence-corrected chi connectivity index (χ1v) is 24.0. The van der Waals surface area contributed by atoms with Gasteiger partial charge in [-0.3, -0.25) is 0 Å². The lowest BCUT2D eigenvalue weighted by Crippen LogP contribution is -3.00. The van der Waals surface area contributed by atoms with Gasteiger partial charge in [0.2, 0.25) is 0 Å². The summed E-state index contributed by atoms with van der Waals surface area (Å²) in [4.78, 5) is 0. The van der Waals surface area contributed by atoms with Crippen LogP contribution in [0.4, 0.5) is 0 Å². The van der Waals surface area contributed by atoms with Gasteiger partial charge in [0.05, 0.1) is 39.8 Å². The van der Waals surface area contributed by atoms with Gasteiger partial charge < -0.3 is 93.3 Å². The molecule has 0 spiro atoms. The Balaban J connectivity index is -0.000000235. The minimum atomic E-state index is -0.473. The highest BCUT2D eigenvalue weighted by atomic mass is 35.5. The van der Waals surface area contributed by atoms with Crippen LogP contribution in [0.5, 0.6) is 0 Å². The zero-order chi connectivity index (χ0) is 46.2. The van der Waals surface area contributed by atoms with Gasteiger partial charge in [-0.15, -0.1) is 0 Å². The molecule has 5 N–H and O–H groups in total. The van der Waals surface area contributed by atoms with Crippen molar-refractivity contribution in [3.63, 3.8) is 0 Å². The Hall–Kier alpha value is -2.32. The van der Waals surface area contributed by atoms with Gasteiger partial charge in [-0.05, 0) is 40.5 Å². The molecule has 0 fully saturated rings. The van der Waals surface area contributed by atoms with E-state index in [0.29, 0.717) is 24.1 Å². The molecule has 4 rings (SSSR count). The largest absolute Gasteiger partial charge is 1.00 e. The van der Waals surface area contributed by atoms with Crippen molar-refractivity contribution < 1.29 is 88.0 Å². The van der Waals surface area contributed by atoms with Crippen molar-refractivity contribution in [3.05, 3.63) is 144 Å². The second kappa shape index (κ2) is 45.8. The van der Waals surface area contributed by atoms with Crippen molar-refractivity contribution in [2.75, 3.05) is 92.6 Å². The van der Waals surface area contributed by atoms with Gasteiger partial charge in [-0.25, -0.2) is 0 Å². The predicted octanol–water partition coefficient (Wildman–Crippen LogP) is -0.934. The molecule has 73 heavy (non-hydrogen) atoms. The maximum Gasteiger partial charge on any atom is 0.129 e. The first-order valence-electron chi connectivity index (χ1n) is 24.0. The Bertz CT molecular complexity index is 1760. The number of nitrogens with one attached hydrogen (secondary N) is 1. The van der Waals surface area contributed by atoms with E-state index in [1.807, 2.05) is 33.8 Å². The lowest BCUT2D eigenvalue weighted by molar-refractivity contribution is -1.01. The fraction of sp³-hybridized carbons (Fsp3) is 0.600. The number of hydrogen-bond acceptors (Lipinski definition) is 5. The number of hydrogen-bond donors (Lipinski definition) is 5. The molecule has 0 aliphatic rings. The number of nitrogens with zero attached hydrogens (tertiary/aromatic N) is 4. The van der Waals surface area contributed by atoms with E-state index in [0.717, 1.165) is 111 Å². The predicted molar refractivity (Wildman–Crippen MR) is 303 cm³/mol. The van der Waals surface area contributed by atoms with Crippen LogP contribution in [0, 0.1) is 0 Å². The van der Waals surface area contributed by atoms with Crippen LogP contribution < -0.4 is 54.9 Å². The highest BCUT2D eigenvalue weighted by Crippen LogP contribution is 2.24. The minimum absolute atomic E-state index is 0. The van der Waals surface area contributed by atoms with Crippen LogP contribution >= 0.6 is 0 Å². The molecule has 0 amide bonds. The van der Waals surface area contributed by atoms with E-state index in [2.05, 4.69) is 149 Å². The number of quaternary nitrogens is 4. The second-order valence-electron chi connectivity index (χ2n) is 19.7. The summed E-state index contributed by atoms with van der Waals surface area (Å²) < 4.78 is 3.43. The van der Waals surface area contributed by atoms with Gasteiger partial charge in [0.1, 0.15) is 90.3 Å². The number of aliphatic hydroxyl groups is 4. The summed E-state index contributed by atoms with van der Waals surface area (Å²) in [5, 5.41) is 44.5. The number of rotatable bonds is 29. The maximum absolute atomic E-state index is 10.8. The molecule has 0 aliphatic heterocycles. The summed E-state index contributed by atoms with van der Waals surface area (Å²) in [6.45, 7) is 26.2. The van der Waals surface area contributed by atoms with Crippen molar-refractivity contribution in [1.82, 2.24) is 5.32 Å². The minimum Gasteiger partial charge on any atom is -1.00 e. The molecule has 0 saturated heterocycles. The molecule has 0 heterocycles. The van der Waals surface area contributed by atoms with E-state index in [1.165, 1.54) is 22.3 Å². The summed E-state index contributed by atoms with van der Waals surface area (Å²) in [5.41, 5.74) is 5.28. The molecule has 0 aliphatic carbocycles. The molecule has 4 aromatic carbocycles. The number of benzene rings is 4. The van der Waals surface area contributed by atoms with E-state index < -0.39 is 12.2 Å². The third-order valence-corrected chi connectivity index (χ3v) is 12.4. The van der Waals surface area contributed by atoms with Crippen molar-refractivity contribution in [2.45, 2.75) is 150 Å². The highest BCUT2D eigenvalue weighted by molar-refractivity contribution is 5.16. The SMILES string of the molecule is C.C.C.C.C.C.CCC[N+](C)(Cc1ccccc1)CC(C)O.CCC[N+](CC[N+](C)(CCNCC(C)O)Cc1ccccc1)(CC[N+](Cc1ccccc1)(CC(C)O)CC(C)O)Cc1ccccc1.[Cl-].[Cl-].[Cl-].[Cl-]. The third kappa shape index (κ3) is 35.6. The van der Waals surface area contributed by atoms with E-state index in [4.69, 9.17) is 0 Å². The molecule has 0 bridgehead atoms. The normalized spacial score (nSPS) is 15.0. The van der Waals surface area contributed by atoms with E-state index >= 15 is 0 Å². The third-order valence-electron chi connectivity index (χ3n) is 12.4. The Labute approximate surface area is 476 Å². The lowest BCUT2D eigenvalue weighted by atomic mass is 10.1. The first-order chi connectivity index (χ1) is 30.0. The van der Waals surface area contributed by atoms with Crippen molar-refractivity contribution in [2.24, 2.45) is 0 Å². The standard InChI is InChI=1S/C40H65N4O3.C14H24NO.6CH4.4ClH/c1-6-23-43(33-39-18-12-8-13-19-39,26-25-42(5,24-22-41-29-35(2)45)32-38-16-10-7-11-17-38)27-28-44(30-36(3)46,31-37(4)47)34-40-20-14-9-15-21-40;1-4-10-15(3,11-13(2)16)12-14-8-6-5-7-9-14;;;;;;;;;;/h7-21,35-37,41,45-47H,6,22-34H2,1-5H3;5-9,13,16H,4,10-12H2,1-3H3;6*1H4;4*1H/q+3;+1;;;;;;;;;;/p-4. The van der Waals surface area contributed by atoms with Gasteiger partial charge in [-0.1, -0.05) is 180 Å². The van der Waals surface area contributed by atoms with Crippen molar-refractivity contribution in [1.29, 1.82) is 0 Å². The Morgan fingerprint density at radius 1 is 0.370 bits per heavy atom. The molecular formula is C60H113Cl4N5O4. The molecule has 13 heteroatoms. The van der Waals surface area contributed by atoms with Gasteiger partial charge in [0, 0.05) is 35.3 Å². The second-order valence-corrected chi connectivity index (χ2v) is 19.7. The summed E-state index contributed by atoms with van der Waals surface area (Å²) in [7, 11) is 4.61. The fourth-order valence-corrected chi connectivity index (χ4v) is 9.84. The number of aliphatic hydroxyl groups excluding tert-OH is 4. The topological polar surface area (TPSA) is 93.0 Å². The lowest BCUT2D eigenvalue weighted by Gasteiger charge is -2.46. The number of halogens is 4. The smallest absolute Gasteiger partial charge is 0.129 e. The van der Waals surface area contributed by atoms with Crippen LogP contribution in [-0.4, -0.2) is 155 Å². The summed E-state index contributed by atoms with van der Waals surface area (Å²) >= 11 is 0. The zero-order valence-electron chi connectivity index (χ0n) is 42.2. The summed E-state index contributed by atoms with van der Waals surface area (Å²) in [6, 6.07) is 42.8. The van der Waals surface area contributed by atoms with E-state index in [1.54, 1.807) is 0 Å². The Kier molecular flexibility index (Phi) is 54.8. The molecule has 4 aromatic rings. The van der Waals surface area contributed by atoms with Gasteiger partial charge in [0.15, 0.2) is 0 Å². The molecule has 7 atom stereocenters. The maximum atomic E-state index is 10.8. The van der Waals surface area contributed by atoms with Crippen molar-refractivity contribution >= 4 is 0 Å². The molecule has 0 radical (unpaired) electrons. The molecular weight excluding hydrogens is 997 g/mol. The van der Waals surface area contributed by atoms with E-state index in [-0.39, 0.29) is 106 Å². The Morgan fingerprint density at radius 3 is 1.03 bits per heavy atom. The monoisotopic (exact) mass is 1110 g/mol. The molecule has 430 valence electrons. The van der Waals surface area contributed by atoms with Crippen LogP contribution in [-0.2, 0) is 26.2 Å². The van der Waals surface area contributed by atoms with Gasteiger partial charge in [0.25, 0.3) is 0 Å². The van der Waals surface area contributed by atoms with Crippen LogP contribution in [0.3, 0.4) is 0 Å². The van der Waals surface area contributed by atoms with E-state index in [9.17, 15) is 20.4 Å². The summed E-state index contributed by atoms with van der Waals surface area (Å²) in [5.74, 6) is 0. The van der Waals surface area contributed by atoms with Crippen molar-refractivity contribution in [3.8, 4) is 0 Å². The van der Waals surface area contributed by atoms with Gasteiger partial charge in [-0.2, -0.15) is 0 Å². The quantitative estimate of drug-likeness (QED) is 0.0359. The Morgan fingerprint density at radius 2 is 0.685 bits per heavy atom. The first kappa shape index (κ1) is 87.3. The fourth-order valence-electron chi connectivity index (χ4n) is 9.84. The summed E-state index contributed by atoms with van der Waals surface area (Å²) in [6.07, 6.45) is 0.687. The zero-order valence-corrected chi connectivity index (χ0v) is 45.2. The van der Waals surface area contributed by atoms with Crippen LogP contribution in [0.1, 0.15) is 121 Å². The average molecular weight is 1110 g/mol. The van der Waals surface area contributed by atoms with Gasteiger partial charge >= 0.3 is 0 Å². The average Bonchev–Trinajstić information content (AvgIpc) is 3.22. The van der Waals surface area contributed by atoms with Crippen LogP contribution in [0.15, 0.2) is 121 Å². The molecule has 7 unspecified atom stereocenters. The molecule has 0 saturated carbocycles. The highest BCUT2D eigenvalue weighted by Gasteiger charge is 2.38. The molecule has 0 aromatic heterocycles. The van der Waals surface area contributed by atoms with Crippen LogP contribution in [0.25, 0.3) is 0 Å². The molecule has 9 nitrogen and oxygen atoms in total.